The lowest BCUT2D eigenvalue weighted by Crippen LogP contribution is -1.97. The van der Waals surface area contributed by atoms with E-state index in [0.717, 1.165) is 11.2 Å². The van der Waals surface area contributed by atoms with E-state index in [1.165, 1.54) is 12.3 Å². The molecule has 7 nitrogen and oxygen atoms in total. The molecular weight excluding hydrogens is 234 g/mol. The molecule has 3 aromatic heterocycles. The molecule has 7 heteroatoms. The fourth-order valence-corrected chi connectivity index (χ4v) is 1.83. The first-order valence-corrected chi connectivity index (χ1v) is 5.27. The Morgan fingerprint density at radius 3 is 2.83 bits per heavy atom. The topological polar surface area (TPSA) is 78.8 Å². The minimum Gasteiger partial charge on any atom is -0.284 e. The van der Waals surface area contributed by atoms with Gasteiger partial charge in [0.25, 0.3) is 5.69 Å². The highest BCUT2D eigenvalue weighted by Gasteiger charge is 2.11. The fourth-order valence-electron chi connectivity index (χ4n) is 1.83. The highest BCUT2D eigenvalue weighted by molar-refractivity contribution is 5.79. The third-order valence-electron chi connectivity index (χ3n) is 2.67. The molecule has 90 valence electrons. The fraction of sp³-hybridized carbons (Fsp3) is 0.0909. The number of aryl methyl sites for hydroxylation is 1. The molecule has 3 heterocycles. The number of fused-ring (bicyclic) bond motifs is 1. The summed E-state index contributed by atoms with van der Waals surface area (Å²) in [5.41, 5.74) is 0.639. The molecule has 0 fully saturated rings. The first kappa shape index (κ1) is 10.5. The Labute approximate surface area is 101 Å². The molecule has 0 spiro atoms. The van der Waals surface area contributed by atoms with Crippen LogP contribution in [-0.4, -0.2) is 24.3 Å². The molecule has 0 atom stereocenters. The second kappa shape index (κ2) is 3.66. The van der Waals surface area contributed by atoms with E-state index in [4.69, 9.17) is 0 Å². The molecule has 0 saturated heterocycles. The zero-order valence-electron chi connectivity index (χ0n) is 9.52. The Morgan fingerprint density at radius 1 is 1.33 bits per heavy atom. The number of rotatable bonds is 2. The maximum Gasteiger partial charge on any atom is 0.288 e. The number of hydrogen-bond donors (Lipinski definition) is 0. The quantitative estimate of drug-likeness (QED) is 0.506. The Morgan fingerprint density at radius 2 is 2.17 bits per heavy atom. The summed E-state index contributed by atoms with van der Waals surface area (Å²) in [5.74, 6) is 0.730. The van der Waals surface area contributed by atoms with Crippen LogP contribution in [0.15, 0.2) is 36.8 Å². The van der Waals surface area contributed by atoms with Crippen molar-refractivity contribution in [2.45, 2.75) is 0 Å². The van der Waals surface area contributed by atoms with Crippen molar-refractivity contribution < 1.29 is 4.92 Å². The van der Waals surface area contributed by atoms with E-state index >= 15 is 0 Å². The van der Waals surface area contributed by atoms with E-state index in [2.05, 4.69) is 10.1 Å². The van der Waals surface area contributed by atoms with E-state index in [1.54, 1.807) is 21.5 Å². The van der Waals surface area contributed by atoms with Crippen LogP contribution in [0.25, 0.3) is 16.9 Å². The zero-order valence-corrected chi connectivity index (χ0v) is 9.52. The molecule has 0 aromatic carbocycles. The van der Waals surface area contributed by atoms with Gasteiger partial charge in [-0.05, 0) is 6.07 Å². The molecule has 0 aliphatic heterocycles. The number of aromatic nitrogens is 4. The predicted molar refractivity (Wildman–Crippen MR) is 64.5 cm³/mol. The van der Waals surface area contributed by atoms with Crippen LogP contribution in [0, 0.1) is 10.1 Å². The number of hydrogen-bond acceptors (Lipinski definition) is 4. The van der Waals surface area contributed by atoms with Crippen molar-refractivity contribution in [1.29, 1.82) is 0 Å². The maximum atomic E-state index is 10.7. The van der Waals surface area contributed by atoms with E-state index in [1.807, 2.05) is 19.3 Å². The molecule has 0 bridgehead atoms. The SMILES string of the molecule is Cn1ccc(-n2ccc3cc([N+](=O)[O-])cnc32)n1. The van der Waals surface area contributed by atoms with Crippen molar-refractivity contribution in [1.82, 2.24) is 19.3 Å². The molecule has 3 aromatic rings. The van der Waals surface area contributed by atoms with Gasteiger partial charge in [-0.1, -0.05) is 0 Å². The monoisotopic (exact) mass is 243 g/mol. The number of nitro groups is 1. The number of pyridine rings is 1. The lowest BCUT2D eigenvalue weighted by molar-refractivity contribution is -0.385. The van der Waals surface area contributed by atoms with Gasteiger partial charge in [0.2, 0.25) is 0 Å². The summed E-state index contributed by atoms with van der Waals surface area (Å²) in [6.45, 7) is 0. The van der Waals surface area contributed by atoms with Gasteiger partial charge >= 0.3 is 0 Å². The van der Waals surface area contributed by atoms with Gasteiger partial charge in [-0.25, -0.2) is 4.98 Å². The first-order valence-electron chi connectivity index (χ1n) is 5.27. The average Bonchev–Trinajstić information content (AvgIpc) is 2.93. The highest BCUT2D eigenvalue weighted by atomic mass is 16.6. The molecule has 0 aliphatic rings. The minimum atomic E-state index is -0.454. The van der Waals surface area contributed by atoms with Gasteiger partial charge in [0, 0.05) is 37.0 Å². The van der Waals surface area contributed by atoms with Gasteiger partial charge in [-0.2, -0.15) is 5.10 Å². The van der Waals surface area contributed by atoms with Crippen LogP contribution < -0.4 is 0 Å². The summed E-state index contributed by atoms with van der Waals surface area (Å²) >= 11 is 0. The van der Waals surface area contributed by atoms with Gasteiger partial charge in [0.05, 0.1) is 4.92 Å². The second-order valence-electron chi connectivity index (χ2n) is 3.90. The van der Waals surface area contributed by atoms with Crippen molar-refractivity contribution in [3.63, 3.8) is 0 Å². The molecule has 0 amide bonds. The Hall–Kier alpha value is -2.70. The molecule has 18 heavy (non-hydrogen) atoms. The molecular formula is C11H9N5O2. The Kier molecular flexibility index (Phi) is 2.12. The van der Waals surface area contributed by atoms with E-state index in [9.17, 15) is 10.1 Å². The van der Waals surface area contributed by atoms with Crippen LogP contribution in [0.5, 0.6) is 0 Å². The van der Waals surface area contributed by atoms with Crippen LogP contribution in [-0.2, 0) is 7.05 Å². The van der Waals surface area contributed by atoms with E-state index in [0.29, 0.717) is 5.65 Å². The molecule has 3 rings (SSSR count). The lowest BCUT2D eigenvalue weighted by atomic mass is 10.3. The van der Waals surface area contributed by atoms with Crippen molar-refractivity contribution in [2.75, 3.05) is 0 Å². The lowest BCUT2D eigenvalue weighted by Gasteiger charge is -1.99. The summed E-state index contributed by atoms with van der Waals surface area (Å²) in [6, 6.07) is 5.13. The molecule has 0 saturated carbocycles. The van der Waals surface area contributed by atoms with Crippen LogP contribution in [0.1, 0.15) is 0 Å². The second-order valence-corrected chi connectivity index (χ2v) is 3.90. The third-order valence-corrected chi connectivity index (χ3v) is 2.67. The molecule has 0 unspecified atom stereocenters. The summed E-state index contributed by atoms with van der Waals surface area (Å²) in [5, 5.41) is 15.7. The van der Waals surface area contributed by atoms with Gasteiger partial charge in [-0.15, -0.1) is 0 Å². The zero-order chi connectivity index (χ0) is 12.7. The summed E-state index contributed by atoms with van der Waals surface area (Å²) in [6.07, 6.45) is 4.87. The average molecular weight is 243 g/mol. The van der Waals surface area contributed by atoms with Gasteiger partial charge in [-0.3, -0.25) is 19.4 Å². The Balaban J connectivity index is 2.18. The van der Waals surface area contributed by atoms with E-state index < -0.39 is 4.92 Å². The van der Waals surface area contributed by atoms with Crippen molar-refractivity contribution >= 4 is 16.7 Å². The minimum absolute atomic E-state index is 0.0127. The molecule has 0 N–H and O–H groups in total. The largest absolute Gasteiger partial charge is 0.288 e. The molecule has 0 aliphatic carbocycles. The molecule has 0 radical (unpaired) electrons. The smallest absolute Gasteiger partial charge is 0.284 e. The van der Waals surface area contributed by atoms with Crippen LogP contribution in [0.3, 0.4) is 0 Å². The van der Waals surface area contributed by atoms with Crippen LogP contribution in [0.2, 0.25) is 0 Å². The maximum absolute atomic E-state index is 10.7. The standard InChI is InChI=1S/C11H9N5O2/c1-14-4-3-10(13-14)15-5-2-8-6-9(16(17)18)7-12-11(8)15/h2-7H,1H3. The van der Waals surface area contributed by atoms with Crippen molar-refractivity contribution in [3.05, 3.63) is 46.9 Å². The number of nitrogens with zero attached hydrogens (tertiary/aromatic N) is 5. The normalized spacial score (nSPS) is 10.9. The van der Waals surface area contributed by atoms with E-state index in [-0.39, 0.29) is 5.69 Å². The highest BCUT2D eigenvalue weighted by Crippen LogP contribution is 2.21. The first-order chi connectivity index (χ1) is 8.65. The van der Waals surface area contributed by atoms with Crippen LogP contribution in [0.4, 0.5) is 5.69 Å². The van der Waals surface area contributed by atoms with Crippen molar-refractivity contribution in [2.24, 2.45) is 7.05 Å². The van der Waals surface area contributed by atoms with Gasteiger partial charge in [0.15, 0.2) is 5.82 Å². The van der Waals surface area contributed by atoms with Gasteiger partial charge in [0.1, 0.15) is 11.8 Å². The Bertz CT molecular complexity index is 743. The summed E-state index contributed by atoms with van der Waals surface area (Å²) in [7, 11) is 1.83. The predicted octanol–water partition coefficient (Wildman–Crippen LogP) is 1.67. The van der Waals surface area contributed by atoms with Gasteiger partial charge < -0.3 is 0 Å². The summed E-state index contributed by atoms with van der Waals surface area (Å²) in [4.78, 5) is 14.3. The summed E-state index contributed by atoms with van der Waals surface area (Å²) < 4.78 is 3.48. The third kappa shape index (κ3) is 1.53. The van der Waals surface area contributed by atoms with Crippen LogP contribution >= 0.6 is 0 Å². The van der Waals surface area contributed by atoms with Crippen molar-refractivity contribution in [3.8, 4) is 5.82 Å².